The number of hydrogen-bond acceptors (Lipinski definition) is 6. The molecule has 7 heteroatoms. The zero-order valence-electron chi connectivity index (χ0n) is 11.9. The van der Waals surface area contributed by atoms with E-state index < -0.39 is 6.16 Å². The molecule has 0 aliphatic carbocycles. The first-order chi connectivity index (χ1) is 10.7. The number of aliphatic hydroxyl groups excluding tert-OH is 1. The Balaban J connectivity index is 1.88. The molecule has 0 aliphatic rings. The number of pyridine rings is 1. The third-order valence-electron chi connectivity index (χ3n) is 2.98. The van der Waals surface area contributed by atoms with E-state index in [-0.39, 0.29) is 19.1 Å². The normalized spacial score (nSPS) is 10.8. The number of furan rings is 1. The zero-order valence-corrected chi connectivity index (χ0v) is 11.9. The molecule has 0 atom stereocenters. The van der Waals surface area contributed by atoms with Crippen LogP contribution < -0.4 is 4.74 Å². The van der Waals surface area contributed by atoms with Crippen LogP contribution in [0.25, 0.3) is 17.0 Å². The number of ether oxygens (including phenoxy) is 2. The summed E-state index contributed by atoms with van der Waals surface area (Å²) < 4.78 is 16.9. The number of aromatic nitrogens is 2. The van der Waals surface area contributed by atoms with Gasteiger partial charge in [0.05, 0.1) is 12.8 Å². The Labute approximate surface area is 125 Å². The van der Waals surface area contributed by atoms with Crippen molar-refractivity contribution in [1.82, 2.24) is 9.38 Å². The van der Waals surface area contributed by atoms with Gasteiger partial charge in [0.15, 0.2) is 0 Å². The number of fused-ring (bicyclic) bond motifs is 1. The van der Waals surface area contributed by atoms with Crippen molar-refractivity contribution < 1.29 is 23.8 Å². The minimum Gasteiger partial charge on any atom is -0.459 e. The molecule has 22 heavy (non-hydrogen) atoms. The van der Waals surface area contributed by atoms with Crippen molar-refractivity contribution in [3.8, 4) is 17.2 Å². The van der Waals surface area contributed by atoms with Crippen LogP contribution in [0, 0.1) is 0 Å². The van der Waals surface area contributed by atoms with E-state index in [2.05, 4.69) is 4.98 Å². The van der Waals surface area contributed by atoms with Gasteiger partial charge in [0.25, 0.3) is 0 Å². The summed E-state index contributed by atoms with van der Waals surface area (Å²) in [5.41, 5.74) is 1.43. The summed E-state index contributed by atoms with van der Waals surface area (Å²) >= 11 is 0. The summed E-state index contributed by atoms with van der Waals surface area (Å²) in [6.07, 6.45) is 2.58. The van der Waals surface area contributed by atoms with Crippen molar-refractivity contribution in [2.75, 3.05) is 6.61 Å². The second-order valence-corrected chi connectivity index (χ2v) is 4.47. The molecule has 3 aromatic rings. The van der Waals surface area contributed by atoms with Gasteiger partial charge in [-0.3, -0.25) is 0 Å². The van der Waals surface area contributed by atoms with Gasteiger partial charge in [-0.15, -0.1) is 0 Å². The Hall–Kier alpha value is -2.80. The minimum atomic E-state index is -0.787. The van der Waals surface area contributed by atoms with Crippen molar-refractivity contribution in [2.45, 2.75) is 13.5 Å². The second-order valence-electron chi connectivity index (χ2n) is 4.47. The Kier molecular flexibility index (Phi) is 3.80. The van der Waals surface area contributed by atoms with Gasteiger partial charge in [-0.1, -0.05) is 0 Å². The van der Waals surface area contributed by atoms with E-state index in [9.17, 15) is 4.79 Å². The SMILES string of the molecule is CCOC(=O)Oc1cn2cc(-c3ccc(CO)o3)ccc2n1. The highest BCUT2D eigenvalue weighted by Crippen LogP contribution is 2.24. The lowest BCUT2D eigenvalue weighted by Gasteiger charge is -1.99. The van der Waals surface area contributed by atoms with Crippen molar-refractivity contribution >= 4 is 11.8 Å². The summed E-state index contributed by atoms with van der Waals surface area (Å²) in [7, 11) is 0. The lowest BCUT2D eigenvalue weighted by Crippen LogP contribution is -2.10. The van der Waals surface area contributed by atoms with Crippen LogP contribution in [-0.2, 0) is 11.3 Å². The van der Waals surface area contributed by atoms with Crippen LogP contribution in [0.4, 0.5) is 4.79 Å². The zero-order chi connectivity index (χ0) is 15.5. The molecule has 0 unspecified atom stereocenters. The number of rotatable bonds is 4. The van der Waals surface area contributed by atoms with Crippen LogP contribution in [0.15, 0.2) is 41.1 Å². The van der Waals surface area contributed by atoms with Crippen molar-refractivity contribution in [2.24, 2.45) is 0 Å². The number of carbonyl (C=O) groups excluding carboxylic acids is 1. The average Bonchev–Trinajstić information content (AvgIpc) is 3.12. The molecule has 0 aliphatic heterocycles. The quantitative estimate of drug-likeness (QED) is 0.746. The van der Waals surface area contributed by atoms with Gasteiger partial charge in [-0.2, -0.15) is 4.98 Å². The summed E-state index contributed by atoms with van der Waals surface area (Å²) in [5, 5.41) is 9.03. The molecular formula is C15H14N2O5. The van der Waals surface area contributed by atoms with E-state index in [1.165, 1.54) is 0 Å². The van der Waals surface area contributed by atoms with Crippen LogP contribution >= 0.6 is 0 Å². The lowest BCUT2D eigenvalue weighted by atomic mass is 10.2. The standard InChI is InChI=1S/C15H14N2O5/c1-2-20-15(19)22-14-8-17-7-10(3-6-13(17)16-14)12-5-4-11(9-18)21-12/h3-8,18H,2,9H2,1H3. The van der Waals surface area contributed by atoms with E-state index in [0.717, 1.165) is 5.56 Å². The lowest BCUT2D eigenvalue weighted by molar-refractivity contribution is 0.103. The Morgan fingerprint density at radius 1 is 1.32 bits per heavy atom. The number of aliphatic hydroxyl groups is 1. The number of carbonyl (C=O) groups is 1. The van der Waals surface area contributed by atoms with Gasteiger partial charge in [0.1, 0.15) is 23.8 Å². The molecule has 3 heterocycles. The van der Waals surface area contributed by atoms with E-state index in [0.29, 0.717) is 17.2 Å². The predicted molar refractivity (Wildman–Crippen MR) is 76.5 cm³/mol. The monoisotopic (exact) mass is 302 g/mol. The third-order valence-corrected chi connectivity index (χ3v) is 2.98. The largest absolute Gasteiger partial charge is 0.515 e. The maximum atomic E-state index is 11.3. The van der Waals surface area contributed by atoms with Crippen molar-refractivity contribution in [3.05, 3.63) is 42.4 Å². The topological polar surface area (TPSA) is 86.2 Å². The molecule has 0 saturated carbocycles. The maximum Gasteiger partial charge on any atom is 0.515 e. The smallest absolute Gasteiger partial charge is 0.459 e. The first-order valence-corrected chi connectivity index (χ1v) is 6.73. The Morgan fingerprint density at radius 3 is 2.91 bits per heavy atom. The van der Waals surface area contributed by atoms with Crippen LogP contribution in [0.5, 0.6) is 5.88 Å². The molecule has 0 radical (unpaired) electrons. The summed E-state index contributed by atoms with van der Waals surface area (Å²) in [5.74, 6) is 1.28. The molecule has 3 aromatic heterocycles. The number of nitrogens with zero attached hydrogens (tertiary/aromatic N) is 2. The van der Waals surface area contributed by atoms with Gasteiger partial charge in [0, 0.05) is 11.8 Å². The highest BCUT2D eigenvalue weighted by atomic mass is 16.7. The van der Waals surface area contributed by atoms with E-state index in [1.807, 2.05) is 6.07 Å². The number of imidazole rings is 1. The van der Waals surface area contributed by atoms with Crippen LogP contribution in [0.3, 0.4) is 0 Å². The molecule has 0 amide bonds. The fraction of sp³-hybridized carbons (Fsp3) is 0.200. The maximum absolute atomic E-state index is 11.3. The molecule has 114 valence electrons. The molecule has 1 N–H and O–H groups in total. The van der Waals surface area contributed by atoms with Crippen LogP contribution in [-0.4, -0.2) is 27.3 Å². The average molecular weight is 302 g/mol. The van der Waals surface area contributed by atoms with Crippen LogP contribution in [0.2, 0.25) is 0 Å². The second kappa shape index (κ2) is 5.90. The van der Waals surface area contributed by atoms with E-state index in [4.69, 9.17) is 19.0 Å². The highest BCUT2D eigenvalue weighted by Gasteiger charge is 2.11. The van der Waals surface area contributed by atoms with Gasteiger partial charge in [-0.25, -0.2) is 4.79 Å². The van der Waals surface area contributed by atoms with Gasteiger partial charge >= 0.3 is 6.16 Å². The van der Waals surface area contributed by atoms with Gasteiger partial charge in [-0.05, 0) is 31.2 Å². The van der Waals surface area contributed by atoms with Crippen LogP contribution in [0.1, 0.15) is 12.7 Å². The molecule has 0 spiro atoms. The first kappa shape index (κ1) is 14.2. The highest BCUT2D eigenvalue weighted by molar-refractivity contribution is 5.64. The molecule has 0 bridgehead atoms. The van der Waals surface area contributed by atoms with Crippen molar-refractivity contribution in [3.63, 3.8) is 0 Å². The van der Waals surface area contributed by atoms with Gasteiger partial charge < -0.3 is 23.4 Å². The molecule has 0 fully saturated rings. The summed E-state index contributed by atoms with van der Waals surface area (Å²) in [6.45, 7) is 1.79. The molecule has 0 aromatic carbocycles. The fourth-order valence-corrected chi connectivity index (χ4v) is 2.01. The molecule has 3 rings (SSSR count). The third kappa shape index (κ3) is 2.79. The molecule has 0 saturated heterocycles. The Morgan fingerprint density at radius 2 is 2.18 bits per heavy atom. The first-order valence-electron chi connectivity index (χ1n) is 6.73. The molecule has 7 nitrogen and oxygen atoms in total. The molecular weight excluding hydrogens is 288 g/mol. The summed E-state index contributed by atoms with van der Waals surface area (Å²) in [4.78, 5) is 15.4. The summed E-state index contributed by atoms with van der Waals surface area (Å²) in [6, 6.07) is 7.09. The van der Waals surface area contributed by atoms with E-state index >= 15 is 0 Å². The Bertz CT molecular complexity index is 805. The fourth-order valence-electron chi connectivity index (χ4n) is 2.01. The van der Waals surface area contributed by atoms with Gasteiger partial charge in [0.2, 0.25) is 5.88 Å². The minimum absolute atomic E-state index is 0.148. The predicted octanol–water partition coefficient (Wildman–Crippen LogP) is 2.62. The van der Waals surface area contributed by atoms with E-state index in [1.54, 1.807) is 41.9 Å². The van der Waals surface area contributed by atoms with Crippen molar-refractivity contribution in [1.29, 1.82) is 0 Å². The number of hydrogen-bond donors (Lipinski definition) is 1.